The molecule has 1 aliphatic heterocycles. The molecule has 1 heterocycles. The third-order valence-electron chi connectivity index (χ3n) is 4.64. The Hall–Kier alpha value is -2.76. The highest BCUT2D eigenvalue weighted by Gasteiger charge is 2.30. The van der Waals surface area contributed by atoms with Crippen LogP contribution < -0.4 is 20.5 Å². The average Bonchev–Trinajstić information content (AvgIpc) is 2.98. The van der Waals surface area contributed by atoms with Crippen molar-refractivity contribution in [3.05, 3.63) is 35.9 Å². The van der Waals surface area contributed by atoms with E-state index in [4.69, 9.17) is 15.2 Å². The van der Waals surface area contributed by atoms with Gasteiger partial charge in [0.25, 0.3) is 5.91 Å². The second-order valence-electron chi connectivity index (χ2n) is 6.25. The first-order chi connectivity index (χ1) is 12.0. The van der Waals surface area contributed by atoms with Gasteiger partial charge >= 0.3 is 0 Å². The summed E-state index contributed by atoms with van der Waals surface area (Å²) in [6, 6.07) is 9.08. The van der Waals surface area contributed by atoms with Crippen LogP contribution >= 0.6 is 0 Å². The van der Waals surface area contributed by atoms with Crippen molar-refractivity contribution < 1.29 is 19.1 Å². The molecule has 2 amide bonds. The number of ether oxygens (including phenoxy) is 2. The van der Waals surface area contributed by atoms with Crippen LogP contribution in [0.4, 0.5) is 0 Å². The summed E-state index contributed by atoms with van der Waals surface area (Å²) in [7, 11) is 1.50. The first-order valence-corrected chi connectivity index (χ1v) is 8.37. The average molecular weight is 342 g/mol. The summed E-state index contributed by atoms with van der Waals surface area (Å²) in [6.07, 6.45) is 1.62. The Morgan fingerprint density at radius 2 is 2.12 bits per heavy atom. The lowest BCUT2D eigenvalue weighted by molar-refractivity contribution is -0.122. The number of fused-ring (bicyclic) bond motifs is 1. The van der Waals surface area contributed by atoms with Gasteiger partial charge in [-0.3, -0.25) is 9.59 Å². The third kappa shape index (κ3) is 3.38. The molecule has 3 rings (SSSR count). The van der Waals surface area contributed by atoms with Crippen LogP contribution in [-0.2, 0) is 4.79 Å². The molecule has 1 saturated heterocycles. The number of hydrogen-bond acceptors (Lipinski definition) is 4. The summed E-state index contributed by atoms with van der Waals surface area (Å²) < 4.78 is 11.2. The predicted octanol–water partition coefficient (Wildman–Crippen LogP) is 2.24. The van der Waals surface area contributed by atoms with E-state index < -0.39 is 5.91 Å². The van der Waals surface area contributed by atoms with Gasteiger partial charge in [-0.2, -0.15) is 0 Å². The number of nitrogens with one attached hydrogen (secondary N) is 1. The lowest BCUT2D eigenvalue weighted by atomic mass is 10.0. The number of methoxy groups -OCH3 is 1. The zero-order chi connectivity index (χ0) is 18.0. The standard InChI is InChI=1S/C19H22N2O4/c1-3-11-7-13(21-19(11)23)10-25-16-6-4-5-12-8-15(18(20)22)17(24-2)9-14(12)16/h4-6,8-9,11,13H,3,7,10H2,1-2H3,(H2,20,22)(H,21,23)/t11-,13+/m1/s1. The molecule has 1 fully saturated rings. The second-order valence-corrected chi connectivity index (χ2v) is 6.25. The summed E-state index contributed by atoms with van der Waals surface area (Å²) in [6.45, 7) is 2.42. The summed E-state index contributed by atoms with van der Waals surface area (Å²) in [5, 5.41) is 4.65. The fraction of sp³-hybridized carbons (Fsp3) is 0.368. The number of nitrogens with two attached hydrogens (primary N) is 1. The van der Waals surface area contributed by atoms with Crippen LogP contribution in [-0.4, -0.2) is 31.6 Å². The summed E-state index contributed by atoms with van der Waals surface area (Å²) in [4.78, 5) is 23.4. The van der Waals surface area contributed by atoms with E-state index in [9.17, 15) is 9.59 Å². The van der Waals surface area contributed by atoms with Crippen LogP contribution in [0.15, 0.2) is 30.3 Å². The highest BCUT2D eigenvalue weighted by Crippen LogP contribution is 2.32. The topological polar surface area (TPSA) is 90.7 Å². The van der Waals surface area contributed by atoms with Gasteiger partial charge in [-0.05, 0) is 36.4 Å². The van der Waals surface area contributed by atoms with Crippen LogP contribution in [0.5, 0.6) is 11.5 Å². The first-order valence-electron chi connectivity index (χ1n) is 8.37. The van der Waals surface area contributed by atoms with Crippen molar-refractivity contribution in [2.75, 3.05) is 13.7 Å². The fourth-order valence-electron chi connectivity index (χ4n) is 3.24. The minimum absolute atomic E-state index is 0.0134. The summed E-state index contributed by atoms with van der Waals surface area (Å²) in [5.41, 5.74) is 5.74. The van der Waals surface area contributed by atoms with Gasteiger partial charge in [-0.1, -0.05) is 19.1 Å². The molecule has 3 N–H and O–H groups in total. The fourth-order valence-corrected chi connectivity index (χ4v) is 3.24. The zero-order valence-electron chi connectivity index (χ0n) is 14.4. The van der Waals surface area contributed by atoms with Crippen molar-refractivity contribution >= 4 is 22.6 Å². The predicted molar refractivity (Wildman–Crippen MR) is 94.8 cm³/mol. The third-order valence-corrected chi connectivity index (χ3v) is 4.64. The number of carbonyl (C=O) groups is 2. The van der Waals surface area contributed by atoms with Crippen molar-refractivity contribution in [2.45, 2.75) is 25.8 Å². The molecule has 0 unspecified atom stereocenters. The summed E-state index contributed by atoms with van der Waals surface area (Å²) in [5.74, 6) is 0.725. The van der Waals surface area contributed by atoms with Crippen LogP contribution in [0.25, 0.3) is 10.8 Å². The maximum atomic E-state index is 11.8. The van der Waals surface area contributed by atoms with E-state index in [-0.39, 0.29) is 17.9 Å². The molecule has 6 heteroatoms. The molecule has 0 aliphatic carbocycles. The van der Waals surface area contributed by atoms with Gasteiger partial charge in [0, 0.05) is 11.3 Å². The second kappa shape index (κ2) is 7.01. The van der Waals surface area contributed by atoms with E-state index >= 15 is 0 Å². The Morgan fingerprint density at radius 3 is 2.76 bits per heavy atom. The van der Waals surface area contributed by atoms with Crippen LogP contribution in [0.1, 0.15) is 30.1 Å². The Kier molecular flexibility index (Phi) is 4.79. The molecular weight excluding hydrogens is 320 g/mol. The maximum absolute atomic E-state index is 11.8. The number of rotatable bonds is 6. The smallest absolute Gasteiger partial charge is 0.252 e. The van der Waals surface area contributed by atoms with Gasteiger partial charge < -0.3 is 20.5 Å². The Balaban J connectivity index is 1.84. The monoisotopic (exact) mass is 342 g/mol. The van der Waals surface area contributed by atoms with Crippen molar-refractivity contribution in [1.29, 1.82) is 0 Å². The number of hydrogen-bond donors (Lipinski definition) is 2. The van der Waals surface area contributed by atoms with Crippen LogP contribution in [0, 0.1) is 5.92 Å². The molecule has 132 valence electrons. The SMILES string of the molecule is CC[C@@H]1C[C@@H](COc2cccc3cc(C(N)=O)c(OC)cc23)NC1=O. The molecule has 2 aromatic carbocycles. The Labute approximate surface area is 146 Å². The lowest BCUT2D eigenvalue weighted by Gasteiger charge is -2.15. The largest absolute Gasteiger partial charge is 0.496 e. The van der Waals surface area contributed by atoms with Gasteiger partial charge in [0.05, 0.1) is 18.7 Å². The first kappa shape index (κ1) is 17.1. The van der Waals surface area contributed by atoms with Crippen LogP contribution in [0.2, 0.25) is 0 Å². The van der Waals surface area contributed by atoms with Crippen LogP contribution in [0.3, 0.4) is 0 Å². The van der Waals surface area contributed by atoms with E-state index in [1.807, 2.05) is 25.1 Å². The van der Waals surface area contributed by atoms with Gasteiger partial charge in [0.2, 0.25) is 5.91 Å². The molecular formula is C19H22N2O4. The highest BCUT2D eigenvalue weighted by atomic mass is 16.5. The molecule has 25 heavy (non-hydrogen) atoms. The zero-order valence-corrected chi connectivity index (χ0v) is 14.4. The van der Waals surface area contributed by atoms with Crippen molar-refractivity contribution in [3.63, 3.8) is 0 Å². The molecule has 2 aromatic rings. The van der Waals surface area contributed by atoms with E-state index in [0.717, 1.165) is 23.6 Å². The van der Waals surface area contributed by atoms with Crippen molar-refractivity contribution in [3.8, 4) is 11.5 Å². The quantitative estimate of drug-likeness (QED) is 0.842. The van der Waals surface area contributed by atoms with Gasteiger partial charge in [-0.15, -0.1) is 0 Å². The van der Waals surface area contributed by atoms with E-state index in [2.05, 4.69) is 5.32 Å². The van der Waals surface area contributed by atoms with Crippen molar-refractivity contribution in [2.24, 2.45) is 11.7 Å². The van der Waals surface area contributed by atoms with E-state index in [1.54, 1.807) is 12.1 Å². The number of carbonyl (C=O) groups excluding carboxylic acids is 2. The minimum Gasteiger partial charge on any atom is -0.496 e. The number of primary amides is 1. The molecule has 0 aromatic heterocycles. The van der Waals surface area contributed by atoms with Gasteiger partial charge in [-0.25, -0.2) is 0 Å². The normalized spacial score (nSPS) is 19.7. The highest BCUT2D eigenvalue weighted by molar-refractivity contribution is 6.02. The van der Waals surface area contributed by atoms with Crippen molar-refractivity contribution in [1.82, 2.24) is 5.32 Å². The Morgan fingerprint density at radius 1 is 1.32 bits per heavy atom. The minimum atomic E-state index is -0.538. The molecule has 0 bridgehead atoms. The lowest BCUT2D eigenvalue weighted by Crippen LogP contribution is -2.31. The maximum Gasteiger partial charge on any atom is 0.252 e. The number of amides is 2. The molecule has 2 atom stereocenters. The molecule has 6 nitrogen and oxygen atoms in total. The van der Waals surface area contributed by atoms with Gasteiger partial charge in [0.1, 0.15) is 18.1 Å². The molecule has 1 aliphatic rings. The summed E-state index contributed by atoms with van der Waals surface area (Å²) >= 11 is 0. The Bertz CT molecular complexity index is 818. The van der Waals surface area contributed by atoms with E-state index in [0.29, 0.717) is 23.7 Å². The number of benzene rings is 2. The molecule has 0 spiro atoms. The van der Waals surface area contributed by atoms with Gasteiger partial charge in [0.15, 0.2) is 0 Å². The molecule has 0 saturated carbocycles. The van der Waals surface area contributed by atoms with E-state index in [1.165, 1.54) is 7.11 Å². The molecule has 0 radical (unpaired) electrons.